The molecule has 1 heterocycles. The number of aliphatic hydroxyl groups excluding tert-OH is 2. The number of hydrogen-bond acceptors (Lipinski definition) is 7. The predicted molar refractivity (Wildman–Crippen MR) is 77.5 cm³/mol. The first-order chi connectivity index (χ1) is 10.5. The first-order valence-corrected chi connectivity index (χ1v) is 7.63. The zero-order chi connectivity index (χ0) is 16.5. The molecule has 8 heteroatoms. The zero-order valence-corrected chi connectivity index (χ0v) is 13.2. The summed E-state index contributed by atoms with van der Waals surface area (Å²) in [5.41, 5.74) is 0. The molecule has 0 aromatic carbocycles. The van der Waals surface area contributed by atoms with Crippen molar-refractivity contribution in [3.63, 3.8) is 0 Å². The van der Waals surface area contributed by atoms with E-state index in [2.05, 4.69) is 4.90 Å². The van der Waals surface area contributed by atoms with E-state index in [4.69, 9.17) is 24.4 Å². The molecule has 130 valence electrons. The second kappa shape index (κ2) is 10.1. The molecule has 0 aromatic heterocycles. The maximum Gasteiger partial charge on any atom is 0.329 e. The van der Waals surface area contributed by atoms with Crippen LogP contribution in [-0.2, 0) is 19.0 Å². The highest BCUT2D eigenvalue weighted by Crippen LogP contribution is 2.24. The standard InChI is InChI=1S/C14H27NO7/c1-3-15(4-2)5-6-20-13-11(21-9-12(17)18)7-10(8-16)22-14(13)19/h10-11,13-14,16,19H,3-9H2,1-2H3,(H,17,18). The SMILES string of the molecule is CCN(CC)CCOC1C(O)OC(CO)CC1OCC(=O)O. The Morgan fingerprint density at radius 2 is 2.00 bits per heavy atom. The maximum absolute atomic E-state index is 10.6. The summed E-state index contributed by atoms with van der Waals surface area (Å²) >= 11 is 0. The number of nitrogens with zero attached hydrogens (tertiary/aromatic N) is 1. The van der Waals surface area contributed by atoms with Gasteiger partial charge >= 0.3 is 5.97 Å². The number of ether oxygens (including phenoxy) is 3. The molecule has 1 aliphatic rings. The van der Waals surface area contributed by atoms with Gasteiger partial charge in [0.2, 0.25) is 0 Å². The summed E-state index contributed by atoms with van der Waals surface area (Å²) in [5, 5.41) is 27.9. The topological polar surface area (TPSA) is 109 Å². The van der Waals surface area contributed by atoms with E-state index >= 15 is 0 Å². The van der Waals surface area contributed by atoms with Gasteiger partial charge in [-0.15, -0.1) is 0 Å². The van der Waals surface area contributed by atoms with Gasteiger partial charge in [-0.25, -0.2) is 4.79 Å². The van der Waals surface area contributed by atoms with Crippen LogP contribution in [0.25, 0.3) is 0 Å². The Hall–Kier alpha value is -0.770. The van der Waals surface area contributed by atoms with E-state index in [1.54, 1.807) is 0 Å². The van der Waals surface area contributed by atoms with E-state index in [1.807, 2.05) is 13.8 Å². The van der Waals surface area contributed by atoms with Crippen molar-refractivity contribution >= 4 is 5.97 Å². The number of aliphatic hydroxyl groups is 2. The number of aliphatic carboxylic acids is 1. The van der Waals surface area contributed by atoms with Crippen LogP contribution in [0.15, 0.2) is 0 Å². The molecule has 0 bridgehead atoms. The minimum Gasteiger partial charge on any atom is -0.480 e. The fraction of sp³-hybridized carbons (Fsp3) is 0.929. The van der Waals surface area contributed by atoms with Crippen LogP contribution in [0, 0.1) is 0 Å². The lowest BCUT2D eigenvalue weighted by atomic mass is 10.0. The van der Waals surface area contributed by atoms with Crippen LogP contribution in [0.1, 0.15) is 20.3 Å². The Morgan fingerprint density at radius 3 is 2.55 bits per heavy atom. The van der Waals surface area contributed by atoms with Gasteiger partial charge < -0.3 is 34.4 Å². The quantitative estimate of drug-likeness (QED) is 0.484. The molecule has 8 nitrogen and oxygen atoms in total. The zero-order valence-electron chi connectivity index (χ0n) is 13.2. The number of carbonyl (C=O) groups is 1. The fourth-order valence-electron chi connectivity index (χ4n) is 2.41. The van der Waals surface area contributed by atoms with Gasteiger partial charge in [0.25, 0.3) is 0 Å². The molecule has 1 aliphatic heterocycles. The van der Waals surface area contributed by atoms with Crippen molar-refractivity contribution in [3.05, 3.63) is 0 Å². The van der Waals surface area contributed by atoms with Gasteiger partial charge in [-0.3, -0.25) is 0 Å². The van der Waals surface area contributed by atoms with E-state index in [0.29, 0.717) is 13.2 Å². The molecule has 0 aromatic rings. The van der Waals surface area contributed by atoms with Gasteiger partial charge in [-0.1, -0.05) is 13.8 Å². The van der Waals surface area contributed by atoms with Crippen LogP contribution in [-0.4, -0.2) is 90.2 Å². The maximum atomic E-state index is 10.6. The number of carboxylic acids is 1. The minimum absolute atomic E-state index is 0.268. The predicted octanol–water partition coefficient (Wildman–Crippen LogP) is -0.717. The lowest BCUT2D eigenvalue weighted by molar-refractivity contribution is -0.271. The molecule has 0 radical (unpaired) electrons. The summed E-state index contributed by atoms with van der Waals surface area (Å²) in [6.07, 6.45) is -2.96. The third kappa shape index (κ3) is 6.15. The monoisotopic (exact) mass is 321 g/mol. The first-order valence-electron chi connectivity index (χ1n) is 7.63. The molecular weight excluding hydrogens is 294 g/mol. The third-order valence-electron chi connectivity index (χ3n) is 3.71. The molecule has 0 amide bonds. The molecule has 0 aliphatic carbocycles. The normalized spacial score (nSPS) is 29.0. The Balaban J connectivity index is 2.55. The average molecular weight is 321 g/mol. The highest BCUT2D eigenvalue weighted by Gasteiger charge is 2.39. The van der Waals surface area contributed by atoms with Crippen molar-refractivity contribution in [1.29, 1.82) is 0 Å². The first kappa shape index (κ1) is 19.3. The van der Waals surface area contributed by atoms with Crippen molar-refractivity contribution < 1.29 is 34.3 Å². The molecule has 1 saturated heterocycles. The highest BCUT2D eigenvalue weighted by molar-refractivity contribution is 5.68. The van der Waals surface area contributed by atoms with Gasteiger partial charge in [0.05, 0.1) is 25.4 Å². The van der Waals surface area contributed by atoms with Crippen molar-refractivity contribution in [2.75, 3.05) is 39.5 Å². The van der Waals surface area contributed by atoms with Crippen molar-refractivity contribution in [1.82, 2.24) is 4.90 Å². The lowest BCUT2D eigenvalue weighted by Gasteiger charge is -2.38. The molecule has 1 fully saturated rings. The minimum atomic E-state index is -1.25. The Bertz CT molecular complexity index is 324. The molecule has 4 unspecified atom stereocenters. The summed E-state index contributed by atoms with van der Waals surface area (Å²) in [7, 11) is 0. The van der Waals surface area contributed by atoms with Gasteiger partial charge in [-0.2, -0.15) is 0 Å². The van der Waals surface area contributed by atoms with Crippen molar-refractivity contribution in [3.8, 4) is 0 Å². The van der Waals surface area contributed by atoms with E-state index < -0.39 is 37.2 Å². The van der Waals surface area contributed by atoms with Gasteiger partial charge in [-0.05, 0) is 13.1 Å². The van der Waals surface area contributed by atoms with Crippen LogP contribution in [0.5, 0.6) is 0 Å². The summed E-state index contributed by atoms with van der Waals surface area (Å²) < 4.78 is 16.2. The van der Waals surface area contributed by atoms with Gasteiger partial charge in [0, 0.05) is 13.0 Å². The second-order valence-corrected chi connectivity index (χ2v) is 5.17. The van der Waals surface area contributed by atoms with Gasteiger partial charge in [0.15, 0.2) is 6.29 Å². The highest BCUT2D eigenvalue weighted by atomic mass is 16.7. The van der Waals surface area contributed by atoms with E-state index in [9.17, 15) is 9.90 Å². The van der Waals surface area contributed by atoms with E-state index in [-0.39, 0.29) is 13.0 Å². The molecule has 0 saturated carbocycles. The number of likely N-dealkylation sites (N-methyl/N-ethyl adjacent to an activating group) is 1. The Kier molecular flexibility index (Phi) is 8.84. The summed E-state index contributed by atoms with van der Waals surface area (Å²) in [5.74, 6) is -1.09. The molecular formula is C14H27NO7. The Morgan fingerprint density at radius 1 is 1.32 bits per heavy atom. The van der Waals surface area contributed by atoms with Crippen molar-refractivity contribution in [2.24, 2.45) is 0 Å². The molecule has 0 spiro atoms. The van der Waals surface area contributed by atoms with E-state index in [0.717, 1.165) is 13.1 Å². The largest absolute Gasteiger partial charge is 0.480 e. The second-order valence-electron chi connectivity index (χ2n) is 5.17. The summed E-state index contributed by atoms with van der Waals surface area (Å²) in [6.45, 7) is 6.22. The molecule has 3 N–H and O–H groups in total. The summed E-state index contributed by atoms with van der Waals surface area (Å²) in [6, 6.07) is 0. The van der Waals surface area contributed by atoms with Crippen LogP contribution in [0.2, 0.25) is 0 Å². The smallest absolute Gasteiger partial charge is 0.329 e. The molecule has 4 atom stereocenters. The number of hydrogen-bond donors (Lipinski definition) is 3. The average Bonchev–Trinajstić information content (AvgIpc) is 2.50. The van der Waals surface area contributed by atoms with Crippen LogP contribution in [0.4, 0.5) is 0 Å². The third-order valence-corrected chi connectivity index (χ3v) is 3.71. The molecule has 22 heavy (non-hydrogen) atoms. The Labute approximate surface area is 130 Å². The summed E-state index contributed by atoms with van der Waals surface area (Å²) in [4.78, 5) is 12.8. The number of carboxylic acid groups (broad SMARTS) is 1. The van der Waals surface area contributed by atoms with Crippen molar-refractivity contribution in [2.45, 2.75) is 44.9 Å². The van der Waals surface area contributed by atoms with E-state index in [1.165, 1.54) is 0 Å². The molecule has 1 rings (SSSR count). The lowest BCUT2D eigenvalue weighted by Crippen LogP contribution is -2.52. The fourth-order valence-corrected chi connectivity index (χ4v) is 2.41. The van der Waals surface area contributed by atoms with Crippen LogP contribution >= 0.6 is 0 Å². The van der Waals surface area contributed by atoms with Gasteiger partial charge in [0.1, 0.15) is 12.7 Å². The van der Waals surface area contributed by atoms with Crippen LogP contribution < -0.4 is 0 Å². The number of rotatable bonds is 10. The van der Waals surface area contributed by atoms with Crippen LogP contribution in [0.3, 0.4) is 0 Å².